The van der Waals surface area contributed by atoms with Crippen molar-refractivity contribution in [1.29, 1.82) is 0 Å². The highest BCUT2D eigenvalue weighted by atomic mass is 32.2. The first-order chi connectivity index (χ1) is 9.42. The van der Waals surface area contributed by atoms with Crippen LogP contribution >= 0.6 is 0 Å². The summed E-state index contributed by atoms with van der Waals surface area (Å²) in [4.78, 5) is 10.8. The molecule has 2 N–H and O–H groups in total. The molecule has 2 aromatic rings. The normalized spacial score (nSPS) is 12.8. The van der Waals surface area contributed by atoms with Gasteiger partial charge in [-0.2, -0.15) is 4.68 Å². The summed E-state index contributed by atoms with van der Waals surface area (Å²) in [5.74, 6) is -1.43. The van der Waals surface area contributed by atoms with Gasteiger partial charge in [0.15, 0.2) is 5.25 Å². The standard InChI is InChI=1S/C10H11N5O4S/c1-7(10(16)17)20(18,19)12-8-4-2-3-5-9(8)15-6-11-13-14-15/h2-7,12H,1H3,(H,16,17). The van der Waals surface area contributed by atoms with Gasteiger partial charge in [-0.3, -0.25) is 9.52 Å². The molecule has 2 rings (SSSR count). The minimum Gasteiger partial charge on any atom is -0.480 e. The molecule has 1 unspecified atom stereocenters. The molecule has 1 aromatic heterocycles. The Bertz CT molecular complexity index is 713. The van der Waals surface area contributed by atoms with Crippen molar-refractivity contribution in [2.24, 2.45) is 0 Å². The van der Waals surface area contributed by atoms with Crippen molar-refractivity contribution in [2.75, 3.05) is 4.72 Å². The van der Waals surface area contributed by atoms with E-state index in [2.05, 4.69) is 20.2 Å². The summed E-state index contributed by atoms with van der Waals surface area (Å²) in [5, 5.41) is 17.8. The lowest BCUT2D eigenvalue weighted by molar-refractivity contribution is -0.136. The average molecular weight is 297 g/mol. The number of hydrogen-bond acceptors (Lipinski definition) is 6. The molecule has 1 aromatic carbocycles. The first kappa shape index (κ1) is 13.9. The highest BCUT2D eigenvalue weighted by molar-refractivity contribution is 7.94. The number of sulfonamides is 1. The molecule has 9 nitrogen and oxygen atoms in total. The lowest BCUT2D eigenvalue weighted by Crippen LogP contribution is -2.32. The number of rotatable bonds is 5. The Morgan fingerprint density at radius 3 is 2.70 bits per heavy atom. The van der Waals surface area contributed by atoms with Crippen molar-refractivity contribution >= 4 is 21.7 Å². The number of carbonyl (C=O) groups is 1. The fourth-order valence-electron chi connectivity index (χ4n) is 1.41. The van der Waals surface area contributed by atoms with Gasteiger partial charge in [0.25, 0.3) is 0 Å². The second-order valence-electron chi connectivity index (χ2n) is 3.90. The number of hydrogen-bond donors (Lipinski definition) is 2. The number of aromatic nitrogens is 4. The third-order valence-electron chi connectivity index (χ3n) is 2.57. The van der Waals surface area contributed by atoms with Gasteiger partial charge in [0.1, 0.15) is 6.33 Å². The van der Waals surface area contributed by atoms with Crippen molar-refractivity contribution in [3.05, 3.63) is 30.6 Å². The Balaban J connectivity index is 2.38. The van der Waals surface area contributed by atoms with Crippen LogP contribution < -0.4 is 4.72 Å². The summed E-state index contributed by atoms with van der Waals surface area (Å²) < 4.78 is 27.3. The molecule has 0 aliphatic carbocycles. The van der Waals surface area contributed by atoms with Crippen molar-refractivity contribution in [2.45, 2.75) is 12.2 Å². The molecule has 0 saturated heterocycles. The fourth-order valence-corrected chi connectivity index (χ4v) is 2.33. The van der Waals surface area contributed by atoms with Gasteiger partial charge < -0.3 is 5.11 Å². The molecular formula is C10H11N5O4S. The predicted octanol–water partition coefficient (Wildman–Crippen LogP) is -0.123. The molecule has 20 heavy (non-hydrogen) atoms. The molecular weight excluding hydrogens is 286 g/mol. The lowest BCUT2D eigenvalue weighted by atomic mass is 10.3. The van der Waals surface area contributed by atoms with Crippen LogP contribution in [0.4, 0.5) is 5.69 Å². The largest absolute Gasteiger partial charge is 0.480 e. The Kier molecular flexibility index (Phi) is 3.66. The molecule has 0 fully saturated rings. The second-order valence-corrected chi connectivity index (χ2v) is 5.90. The van der Waals surface area contributed by atoms with Crippen molar-refractivity contribution in [3.8, 4) is 5.69 Å². The van der Waals surface area contributed by atoms with Gasteiger partial charge in [0.05, 0.1) is 11.4 Å². The van der Waals surface area contributed by atoms with Gasteiger partial charge in [-0.05, 0) is 29.5 Å². The molecule has 0 amide bonds. The summed E-state index contributed by atoms with van der Waals surface area (Å²) in [6.07, 6.45) is 1.30. The number of aliphatic carboxylic acids is 1. The number of carboxylic acids is 1. The van der Waals surface area contributed by atoms with Gasteiger partial charge in [-0.15, -0.1) is 5.10 Å². The van der Waals surface area contributed by atoms with Crippen molar-refractivity contribution < 1.29 is 18.3 Å². The minimum atomic E-state index is -4.06. The summed E-state index contributed by atoms with van der Waals surface area (Å²) in [5.41, 5.74) is 0.576. The first-order valence-electron chi connectivity index (χ1n) is 5.48. The SMILES string of the molecule is CC(C(=O)O)S(=O)(=O)Nc1ccccc1-n1cnnn1. The van der Waals surface area contributed by atoms with E-state index in [1.165, 1.54) is 17.1 Å². The van der Waals surface area contributed by atoms with E-state index >= 15 is 0 Å². The average Bonchev–Trinajstić information content (AvgIpc) is 2.91. The Morgan fingerprint density at radius 2 is 2.10 bits per heavy atom. The van der Waals surface area contributed by atoms with Crippen LogP contribution in [0, 0.1) is 0 Å². The van der Waals surface area contributed by atoms with Crippen molar-refractivity contribution in [3.63, 3.8) is 0 Å². The maximum absolute atomic E-state index is 11.9. The monoisotopic (exact) mass is 297 g/mol. The van der Waals surface area contributed by atoms with Gasteiger partial charge >= 0.3 is 5.97 Å². The molecule has 1 atom stereocenters. The highest BCUT2D eigenvalue weighted by Gasteiger charge is 2.28. The molecule has 10 heteroatoms. The van der Waals surface area contributed by atoms with E-state index in [1.807, 2.05) is 0 Å². The molecule has 0 bridgehead atoms. The van der Waals surface area contributed by atoms with Crippen LogP contribution in [0.1, 0.15) is 6.92 Å². The van der Waals surface area contributed by atoms with Gasteiger partial charge in [-0.1, -0.05) is 12.1 Å². The zero-order valence-electron chi connectivity index (χ0n) is 10.3. The Hall–Kier alpha value is -2.49. The Morgan fingerprint density at radius 1 is 1.40 bits per heavy atom. The number of tetrazole rings is 1. The van der Waals surface area contributed by atoms with E-state index in [4.69, 9.17) is 5.11 Å². The maximum atomic E-state index is 11.9. The summed E-state index contributed by atoms with van der Waals surface area (Å²) in [6.45, 7) is 1.09. The number of carboxylic acid groups (broad SMARTS) is 1. The van der Waals surface area contributed by atoms with Gasteiger partial charge in [0.2, 0.25) is 10.0 Å². The van der Waals surface area contributed by atoms with Crippen LogP contribution in [0.25, 0.3) is 5.69 Å². The molecule has 0 spiro atoms. The molecule has 0 aliphatic heterocycles. The summed E-state index contributed by atoms with van der Waals surface area (Å²) in [6, 6.07) is 6.37. The van der Waals surface area contributed by atoms with Crippen LogP contribution in [-0.2, 0) is 14.8 Å². The summed E-state index contributed by atoms with van der Waals surface area (Å²) >= 11 is 0. The zero-order valence-corrected chi connectivity index (χ0v) is 11.1. The number of nitrogens with zero attached hydrogens (tertiary/aromatic N) is 4. The van der Waals surface area contributed by atoms with E-state index in [9.17, 15) is 13.2 Å². The highest BCUT2D eigenvalue weighted by Crippen LogP contribution is 2.20. The molecule has 1 heterocycles. The van der Waals surface area contributed by atoms with E-state index in [-0.39, 0.29) is 5.69 Å². The summed E-state index contributed by atoms with van der Waals surface area (Å²) in [7, 11) is -4.06. The van der Waals surface area contributed by atoms with E-state index in [0.717, 1.165) is 6.92 Å². The van der Waals surface area contributed by atoms with Crippen LogP contribution in [0.2, 0.25) is 0 Å². The zero-order chi connectivity index (χ0) is 14.8. The molecule has 0 saturated carbocycles. The lowest BCUT2D eigenvalue weighted by Gasteiger charge is -2.13. The van der Waals surface area contributed by atoms with E-state index in [1.54, 1.807) is 18.2 Å². The fraction of sp³-hybridized carbons (Fsp3) is 0.200. The minimum absolute atomic E-state index is 0.188. The number of nitrogens with one attached hydrogen (secondary N) is 1. The first-order valence-corrected chi connectivity index (χ1v) is 7.03. The van der Waals surface area contributed by atoms with Crippen LogP contribution in [0.15, 0.2) is 30.6 Å². The van der Waals surface area contributed by atoms with E-state index in [0.29, 0.717) is 5.69 Å². The smallest absolute Gasteiger partial charge is 0.323 e. The third-order valence-corrected chi connectivity index (χ3v) is 4.20. The maximum Gasteiger partial charge on any atom is 0.323 e. The second kappa shape index (κ2) is 5.25. The quantitative estimate of drug-likeness (QED) is 0.787. The van der Waals surface area contributed by atoms with Gasteiger partial charge in [-0.25, -0.2) is 8.42 Å². The topological polar surface area (TPSA) is 127 Å². The number of anilines is 1. The molecule has 0 aliphatic rings. The van der Waals surface area contributed by atoms with Crippen LogP contribution in [0.3, 0.4) is 0 Å². The Labute approximate surface area is 114 Å². The van der Waals surface area contributed by atoms with Crippen molar-refractivity contribution in [1.82, 2.24) is 20.2 Å². The van der Waals surface area contributed by atoms with Crippen LogP contribution in [0.5, 0.6) is 0 Å². The molecule has 106 valence electrons. The van der Waals surface area contributed by atoms with Gasteiger partial charge in [0, 0.05) is 0 Å². The number of benzene rings is 1. The number of para-hydroxylation sites is 2. The van der Waals surface area contributed by atoms with E-state index < -0.39 is 21.2 Å². The molecule has 0 radical (unpaired) electrons. The van der Waals surface area contributed by atoms with Crippen LogP contribution in [-0.4, -0.2) is 45.0 Å². The third kappa shape index (κ3) is 2.74. The predicted molar refractivity (Wildman–Crippen MR) is 68.8 cm³/mol.